The molecule has 1 heterocycles. The van der Waals surface area contributed by atoms with E-state index < -0.39 is 0 Å². The second kappa shape index (κ2) is 6.28. The summed E-state index contributed by atoms with van der Waals surface area (Å²) in [6, 6.07) is 19.3. The second-order valence-corrected chi connectivity index (χ2v) is 5.72. The number of phenols is 1. The summed E-state index contributed by atoms with van der Waals surface area (Å²) in [4.78, 5) is 4.47. The van der Waals surface area contributed by atoms with Crippen molar-refractivity contribution in [1.29, 1.82) is 0 Å². The van der Waals surface area contributed by atoms with Gasteiger partial charge in [-0.25, -0.2) is 0 Å². The van der Waals surface area contributed by atoms with Gasteiger partial charge in [-0.2, -0.15) is 4.98 Å². The van der Waals surface area contributed by atoms with Crippen molar-refractivity contribution < 1.29 is 14.4 Å². The van der Waals surface area contributed by atoms with Crippen molar-refractivity contribution >= 4 is 10.8 Å². The summed E-state index contributed by atoms with van der Waals surface area (Å²) >= 11 is 0. The molecule has 0 radical (unpaired) electrons. The molecule has 5 heteroatoms. The molecular weight excluding hydrogens is 316 g/mol. The molecule has 25 heavy (non-hydrogen) atoms. The van der Waals surface area contributed by atoms with Gasteiger partial charge in [-0.05, 0) is 34.5 Å². The van der Waals surface area contributed by atoms with E-state index >= 15 is 0 Å². The van der Waals surface area contributed by atoms with E-state index in [-0.39, 0.29) is 5.75 Å². The summed E-state index contributed by atoms with van der Waals surface area (Å²) in [5.74, 6) is 1.44. The third kappa shape index (κ3) is 2.92. The van der Waals surface area contributed by atoms with Gasteiger partial charge in [0.1, 0.15) is 0 Å². The number of methoxy groups -OCH3 is 1. The van der Waals surface area contributed by atoms with Gasteiger partial charge in [0.15, 0.2) is 17.3 Å². The first kappa shape index (κ1) is 15.2. The molecule has 0 aliphatic rings. The quantitative estimate of drug-likeness (QED) is 0.607. The number of rotatable bonds is 4. The van der Waals surface area contributed by atoms with Crippen LogP contribution >= 0.6 is 0 Å². The highest BCUT2D eigenvalue weighted by molar-refractivity contribution is 5.85. The zero-order chi connectivity index (χ0) is 17.2. The van der Waals surface area contributed by atoms with Gasteiger partial charge in [0.2, 0.25) is 0 Å². The Kier molecular flexibility index (Phi) is 3.82. The third-order valence-corrected chi connectivity index (χ3v) is 4.12. The SMILES string of the molecule is COc1cc(-c2nc(Cc3cccc4ccccc34)no2)ccc1O. The fourth-order valence-corrected chi connectivity index (χ4v) is 2.87. The van der Waals surface area contributed by atoms with Gasteiger partial charge in [-0.15, -0.1) is 0 Å². The number of fused-ring (bicyclic) bond motifs is 1. The number of hydrogen-bond acceptors (Lipinski definition) is 5. The molecule has 0 saturated carbocycles. The number of benzene rings is 3. The average molecular weight is 332 g/mol. The Morgan fingerprint density at radius 2 is 1.88 bits per heavy atom. The molecule has 4 rings (SSSR count). The molecule has 0 unspecified atom stereocenters. The lowest BCUT2D eigenvalue weighted by Gasteiger charge is -2.04. The van der Waals surface area contributed by atoms with Gasteiger partial charge in [0.05, 0.1) is 7.11 Å². The van der Waals surface area contributed by atoms with E-state index in [4.69, 9.17) is 9.26 Å². The zero-order valence-corrected chi connectivity index (χ0v) is 13.6. The first-order valence-corrected chi connectivity index (χ1v) is 7.91. The standard InChI is InChI=1S/C20H16N2O3/c1-24-18-11-15(9-10-17(18)23)20-21-19(22-25-20)12-14-7-4-6-13-5-2-3-8-16(13)14/h2-11,23H,12H2,1H3. The molecule has 0 aliphatic carbocycles. The number of ether oxygens (including phenoxy) is 1. The number of phenolic OH excluding ortho intramolecular Hbond substituents is 1. The predicted molar refractivity (Wildman–Crippen MR) is 94.7 cm³/mol. The minimum atomic E-state index is 0.0711. The van der Waals surface area contributed by atoms with Gasteiger partial charge < -0.3 is 14.4 Å². The summed E-state index contributed by atoms with van der Waals surface area (Å²) in [7, 11) is 1.50. The lowest BCUT2D eigenvalue weighted by Crippen LogP contribution is -1.92. The van der Waals surface area contributed by atoms with E-state index in [1.165, 1.54) is 17.9 Å². The molecule has 4 aromatic rings. The van der Waals surface area contributed by atoms with E-state index in [0.717, 1.165) is 5.56 Å². The summed E-state index contributed by atoms with van der Waals surface area (Å²) in [5, 5.41) is 16.1. The lowest BCUT2D eigenvalue weighted by atomic mass is 10.0. The predicted octanol–water partition coefficient (Wildman–Crippen LogP) is 4.19. The van der Waals surface area contributed by atoms with Crippen LogP contribution in [0.25, 0.3) is 22.2 Å². The highest BCUT2D eigenvalue weighted by atomic mass is 16.5. The largest absolute Gasteiger partial charge is 0.504 e. The zero-order valence-electron chi connectivity index (χ0n) is 13.6. The summed E-state index contributed by atoms with van der Waals surface area (Å²) in [6.45, 7) is 0. The number of aromatic hydroxyl groups is 1. The molecule has 0 atom stereocenters. The van der Waals surface area contributed by atoms with E-state index in [1.807, 2.05) is 18.2 Å². The molecule has 3 aromatic carbocycles. The number of hydrogen-bond donors (Lipinski definition) is 1. The van der Waals surface area contributed by atoms with Gasteiger partial charge >= 0.3 is 0 Å². The first-order valence-electron chi connectivity index (χ1n) is 7.91. The highest BCUT2D eigenvalue weighted by Gasteiger charge is 2.13. The smallest absolute Gasteiger partial charge is 0.258 e. The lowest BCUT2D eigenvalue weighted by molar-refractivity contribution is 0.373. The van der Waals surface area contributed by atoms with Crippen LogP contribution in [0.2, 0.25) is 0 Å². The normalized spacial score (nSPS) is 10.9. The molecule has 124 valence electrons. The van der Waals surface area contributed by atoms with Crippen molar-refractivity contribution in [2.24, 2.45) is 0 Å². The second-order valence-electron chi connectivity index (χ2n) is 5.72. The molecule has 1 N–H and O–H groups in total. The Balaban J connectivity index is 1.65. The van der Waals surface area contributed by atoms with Crippen LogP contribution in [0.1, 0.15) is 11.4 Å². The molecule has 0 bridgehead atoms. The average Bonchev–Trinajstić information content (AvgIpc) is 3.11. The van der Waals surface area contributed by atoms with E-state index in [0.29, 0.717) is 29.4 Å². The fourth-order valence-electron chi connectivity index (χ4n) is 2.87. The van der Waals surface area contributed by atoms with Gasteiger partial charge in [0, 0.05) is 12.0 Å². The molecule has 0 spiro atoms. The summed E-state index contributed by atoms with van der Waals surface area (Å²) in [5.41, 5.74) is 1.85. The van der Waals surface area contributed by atoms with Crippen LogP contribution < -0.4 is 4.74 Å². The van der Waals surface area contributed by atoms with Crippen LogP contribution in [0, 0.1) is 0 Å². The van der Waals surface area contributed by atoms with Crippen molar-refractivity contribution in [3.8, 4) is 23.0 Å². The molecule has 0 aliphatic heterocycles. The Labute approximate surface area is 144 Å². The molecular formula is C20H16N2O3. The van der Waals surface area contributed by atoms with Crippen molar-refractivity contribution in [3.63, 3.8) is 0 Å². The van der Waals surface area contributed by atoms with Crippen molar-refractivity contribution in [1.82, 2.24) is 10.1 Å². The molecule has 5 nitrogen and oxygen atoms in total. The fraction of sp³-hybridized carbons (Fsp3) is 0.100. The van der Waals surface area contributed by atoms with Gasteiger partial charge in [-0.1, -0.05) is 47.6 Å². The number of nitrogens with zero attached hydrogens (tertiary/aromatic N) is 2. The van der Waals surface area contributed by atoms with E-state index in [1.54, 1.807) is 18.2 Å². The molecule has 0 fully saturated rings. The first-order chi connectivity index (χ1) is 12.2. The van der Waals surface area contributed by atoms with Crippen LogP contribution in [0.4, 0.5) is 0 Å². The van der Waals surface area contributed by atoms with Crippen LogP contribution in [0.15, 0.2) is 65.2 Å². The topological polar surface area (TPSA) is 68.4 Å². The molecule has 1 aromatic heterocycles. The van der Waals surface area contributed by atoms with Crippen molar-refractivity contribution in [2.75, 3.05) is 7.11 Å². The third-order valence-electron chi connectivity index (χ3n) is 4.12. The van der Waals surface area contributed by atoms with Crippen LogP contribution in [-0.4, -0.2) is 22.4 Å². The van der Waals surface area contributed by atoms with Crippen LogP contribution in [0.3, 0.4) is 0 Å². The Bertz CT molecular complexity index is 1030. The Morgan fingerprint density at radius 3 is 2.76 bits per heavy atom. The number of aromatic nitrogens is 2. The maximum Gasteiger partial charge on any atom is 0.258 e. The van der Waals surface area contributed by atoms with Crippen LogP contribution in [-0.2, 0) is 6.42 Å². The van der Waals surface area contributed by atoms with Gasteiger partial charge in [0.25, 0.3) is 5.89 Å². The van der Waals surface area contributed by atoms with E-state index in [9.17, 15) is 5.11 Å². The van der Waals surface area contributed by atoms with Crippen LogP contribution in [0.5, 0.6) is 11.5 Å². The summed E-state index contributed by atoms with van der Waals surface area (Å²) < 4.78 is 10.5. The monoisotopic (exact) mass is 332 g/mol. The van der Waals surface area contributed by atoms with Crippen molar-refractivity contribution in [2.45, 2.75) is 6.42 Å². The Hall–Kier alpha value is -3.34. The van der Waals surface area contributed by atoms with E-state index in [2.05, 4.69) is 34.4 Å². The van der Waals surface area contributed by atoms with Crippen molar-refractivity contribution in [3.05, 3.63) is 72.1 Å². The van der Waals surface area contributed by atoms with Gasteiger partial charge in [-0.3, -0.25) is 0 Å². The minimum absolute atomic E-state index is 0.0711. The Morgan fingerprint density at radius 1 is 1.04 bits per heavy atom. The summed E-state index contributed by atoms with van der Waals surface area (Å²) in [6.07, 6.45) is 0.583. The molecule has 0 amide bonds. The maximum absolute atomic E-state index is 9.69. The molecule has 0 saturated heterocycles. The highest BCUT2D eigenvalue weighted by Crippen LogP contribution is 2.31. The minimum Gasteiger partial charge on any atom is -0.504 e. The maximum atomic E-state index is 9.69.